The molecule has 3 heteroatoms. The molecule has 25 heavy (non-hydrogen) atoms. The SMILES string of the molecule is COC(=O)c1ccc2cc(OC3CCC(C(C)(C)C)CC3)ccc2c1. The second-order valence-electron chi connectivity index (χ2n) is 8.17. The first-order chi connectivity index (χ1) is 11.9. The summed E-state index contributed by atoms with van der Waals surface area (Å²) in [5.41, 5.74) is 0.967. The second kappa shape index (κ2) is 7.07. The molecule has 0 unspecified atom stereocenters. The molecule has 0 bridgehead atoms. The molecule has 134 valence electrons. The number of hydrogen-bond acceptors (Lipinski definition) is 3. The highest BCUT2D eigenvalue weighted by Crippen LogP contribution is 2.39. The van der Waals surface area contributed by atoms with E-state index < -0.39 is 0 Å². The summed E-state index contributed by atoms with van der Waals surface area (Å²) < 4.78 is 11.0. The van der Waals surface area contributed by atoms with Crippen LogP contribution < -0.4 is 4.74 Å². The minimum atomic E-state index is -0.308. The van der Waals surface area contributed by atoms with E-state index in [1.165, 1.54) is 20.0 Å². The second-order valence-corrected chi connectivity index (χ2v) is 8.17. The van der Waals surface area contributed by atoms with Gasteiger partial charge in [0.25, 0.3) is 0 Å². The summed E-state index contributed by atoms with van der Waals surface area (Å²) in [4.78, 5) is 11.6. The zero-order valence-electron chi connectivity index (χ0n) is 15.7. The van der Waals surface area contributed by atoms with E-state index in [1.807, 2.05) is 24.3 Å². The summed E-state index contributed by atoms with van der Waals surface area (Å²) in [6, 6.07) is 11.7. The molecule has 0 aliphatic heterocycles. The Hall–Kier alpha value is -2.03. The van der Waals surface area contributed by atoms with Crippen LogP contribution in [0, 0.1) is 11.3 Å². The number of fused-ring (bicyclic) bond motifs is 1. The number of rotatable bonds is 3. The van der Waals surface area contributed by atoms with Crippen molar-refractivity contribution >= 4 is 16.7 Å². The minimum absolute atomic E-state index is 0.308. The fraction of sp³-hybridized carbons (Fsp3) is 0.500. The largest absolute Gasteiger partial charge is 0.490 e. The molecule has 0 spiro atoms. The van der Waals surface area contributed by atoms with Gasteiger partial charge in [0.2, 0.25) is 0 Å². The normalized spacial score (nSPS) is 21.1. The van der Waals surface area contributed by atoms with E-state index in [0.29, 0.717) is 17.1 Å². The fourth-order valence-corrected chi connectivity index (χ4v) is 3.78. The van der Waals surface area contributed by atoms with Crippen molar-refractivity contribution in [1.82, 2.24) is 0 Å². The van der Waals surface area contributed by atoms with Crippen LogP contribution in [0.25, 0.3) is 10.8 Å². The topological polar surface area (TPSA) is 35.5 Å². The third kappa shape index (κ3) is 4.15. The summed E-state index contributed by atoms with van der Waals surface area (Å²) in [6.45, 7) is 7.01. The van der Waals surface area contributed by atoms with E-state index in [2.05, 4.69) is 26.8 Å². The van der Waals surface area contributed by atoms with Crippen LogP contribution >= 0.6 is 0 Å². The highest BCUT2D eigenvalue weighted by molar-refractivity contribution is 5.95. The summed E-state index contributed by atoms with van der Waals surface area (Å²) in [5, 5.41) is 2.10. The summed E-state index contributed by atoms with van der Waals surface area (Å²) in [6.07, 6.45) is 5.04. The van der Waals surface area contributed by atoms with Crippen LogP contribution in [0.2, 0.25) is 0 Å². The first kappa shape index (κ1) is 17.8. The van der Waals surface area contributed by atoms with Gasteiger partial charge in [-0.05, 0) is 72.1 Å². The van der Waals surface area contributed by atoms with Gasteiger partial charge in [-0.25, -0.2) is 4.79 Å². The van der Waals surface area contributed by atoms with Gasteiger partial charge in [0.15, 0.2) is 0 Å². The van der Waals surface area contributed by atoms with Crippen LogP contribution in [0.1, 0.15) is 56.8 Å². The van der Waals surface area contributed by atoms with E-state index in [1.54, 1.807) is 6.07 Å². The van der Waals surface area contributed by atoms with E-state index >= 15 is 0 Å². The van der Waals surface area contributed by atoms with Crippen molar-refractivity contribution in [1.29, 1.82) is 0 Å². The maximum Gasteiger partial charge on any atom is 0.337 e. The van der Waals surface area contributed by atoms with Crippen molar-refractivity contribution in [2.45, 2.75) is 52.6 Å². The number of carbonyl (C=O) groups excluding carboxylic acids is 1. The molecular weight excluding hydrogens is 312 g/mol. The summed E-state index contributed by atoms with van der Waals surface area (Å²) in [7, 11) is 1.40. The molecule has 1 aliphatic rings. The lowest BCUT2D eigenvalue weighted by atomic mass is 9.72. The standard InChI is InChI=1S/C22H28O3/c1-22(2,3)18-8-11-19(12-9-18)25-20-10-7-15-13-17(21(23)24-4)6-5-16(15)14-20/h5-7,10,13-14,18-19H,8-9,11-12H2,1-4H3. The van der Waals surface area contributed by atoms with Gasteiger partial charge in [-0.15, -0.1) is 0 Å². The maximum atomic E-state index is 11.6. The van der Waals surface area contributed by atoms with Gasteiger partial charge in [0.1, 0.15) is 5.75 Å². The minimum Gasteiger partial charge on any atom is -0.490 e. The van der Waals surface area contributed by atoms with Crippen LogP contribution in [-0.2, 0) is 4.74 Å². The molecule has 0 N–H and O–H groups in total. The van der Waals surface area contributed by atoms with Crippen LogP contribution in [0.15, 0.2) is 36.4 Å². The fourth-order valence-electron chi connectivity index (χ4n) is 3.78. The van der Waals surface area contributed by atoms with E-state index in [0.717, 1.165) is 35.3 Å². The molecule has 1 aliphatic carbocycles. The van der Waals surface area contributed by atoms with Gasteiger partial charge >= 0.3 is 5.97 Å². The Labute approximate surface area is 150 Å². The van der Waals surface area contributed by atoms with Crippen molar-refractivity contribution in [3.05, 3.63) is 42.0 Å². The van der Waals surface area contributed by atoms with Gasteiger partial charge < -0.3 is 9.47 Å². The van der Waals surface area contributed by atoms with Gasteiger partial charge in [0, 0.05) is 0 Å². The predicted octanol–water partition coefficient (Wildman–Crippen LogP) is 5.61. The van der Waals surface area contributed by atoms with Gasteiger partial charge in [0.05, 0.1) is 18.8 Å². The number of carbonyl (C=O) groups is 1. The molecule has 1 saturated carbocycles. The van der Waals surface area contributed by atoms with Crippen LogP contribution in [-0.4, -0.2) is 19.2 Å². The Kier molecular flexibility index (Phi) is 5.03. The molecule has 2 aromatic rings. The number of benzene rings is 2. The smallest absolute Gasteiger partial charge is 0.337 e. The Balaban J connectivity index is 1.68. The predicted molar refractivity (Wildman–Crippen MR) is 101 cm³/mol. The van der Waals surface area contributed by atoms with Gasteiger partial charge in [-0.2, -0.15) is 0 Å². The molecule has 3 rings (SSSR count). The van der Waals surface area contributed by atoms with Crippen molar-refractivity contribution in [3.63, 3.8) is 0 Å². The van der Waals surface area contributed by atoms with E-state index in [-0.39, 0.29) is 5.97 Å². The molecule has 0 heterocycles. The quantitative estimate of drug-likeness (QED) is 0.681. The highest BCUT2D eigenvalue weighted by atomic mass is 16.5. The van der Waals surface area contributed by atoms with Crippen molar-refractivity contribution in [2.24, 2.45) is 11.3 Å². The highest BCUT2D eigenvalue weighted by Gasteiger charge is 2.30. The van der Waals surface area contributed by atoms with Gasteiger partial charge in [-0.3, -0.25) is 0 Å². The molecule has 0 saturated heterocycles. The van der Waals surface area contributed by atoms with Crippen LogP contribution in [0.3, 0.4) is 0 Å². The number of hydrogen-bond donors (Lipinski definition) is 0. The average molecular weight is 340 g/mol. The monoisotopic (exact) mass is 340 g/mol. The Morgan fingerprint density at radius 1 is 0.960 bits per heavy atom. The zero-order valence-corrected chi connectivity index (χ0v) is 15.7. The molecule has 0 amide bonds. The summed E-state index contributed by atoms with van der Waals surface area (Å²) in [5.74, 6) is 1.40. The maximum absolute atomic E-state index is 11.6. The van der Waals surface area contributed by atoms with Gasteiger partial charge in [-0.1, -0.05) is 32.9 Å². The van der Waals surface area contributed by atoms with Crippen molar-refractivity contribution in [2.75, 3.05) is 7.11 Å². The van der Waals surface area contributed by atoms with Crippen LogP contribution in [0.5, 0.6) is 5.75 Å². The van der Waals surface area contributed by atoms with Crippen LogP contribution in [0.4, 0.5) is 0 Å². The van der Waals surface area contributed by atoms with Crippen molar-refractivity contribution < 1.29 is 14.3 Å². The molecule has 3 nitrogen and oxygen atoms in total. The third-order valence-corrected chi connectivity index (χ3v) is 5.43. The molecular formula is C22H28O3. The van der Waals surface area contributed by atoms with E-state index in [4.69, 9.17) is 9.47 Å². The zero-order chi connectivity index (χ0) is 18.0. The number of ether oxygens (including phenoxy) is 2. The summed E-state index contributed by atoms with van der Waals surface area (Å²) >= 11 is 0. The lowest BCUT2D eigenvalue weighted by molar-refractivity contribution is 0.0601. The molecule has 1 fully saturated rings. The van der Waals surface area contributed by atoms with Crippen molar-refractivity contribution in [3.8, 4) is 5.75 Å². The first-order valence-electron chi connectivity index (χ1n) is 9.15. The lowest BCUT2D eigenvalue weighted by Gasteiger charge is -2.37. The first-order valence-corrected chi connectivity index (χ1v) is 9.15. The van der Waals surface area contributed by atoms with E-state index in [9.17, 15) is 4.79 Å². The Morgan fingerprint density at radius 3 is 2.24 bits per heavy atom. The molecule has 0 aromatic heterocycles. The lowest BCUT2D eigenvalue weighted by Crippen LogP contribution is -2.30. The Morgan fingerprint density at radius 2 is 1.60 bits per heavy atom. The Bertz CT molecular complexity index is 749. The molecule has 0 radical (unpaired) electrons. The molecule has 2 aromatic carbocycles. The molecule has 0 atom stereocenters. The number of esters is 1. The number of methoxy groups -OCH3 is 1. The third-order valence-electron chi connectivity index (χ3n) is 5.43. The average Bonchev–Trinajstić information content (AvgIpc) is 2.60.